The molecule has 4 nitrogen and oxygen atoms in total. The first kappa shape index (κ1) is 13.4. The maximum atomic E-state index is 4.69. The third-order valence-electron chi connectivity index (χ3n) is 3.95. The van der Waals surface area contributed by atoms with Crippen LogP contribution in [0.5, 0.6) is 0 Å². The summed E-state index contributed by atoms with van der Waals surface area (Å²) >= 11 is 5.04. The molecule has 0 bridgehead atoms. The fourth-order valence-electron chi connectivity index (χ4n) is 2.84. The van der Waals surface area contributed by atoms with E-state index in [0.717, 1.165) is 41.4 Å². The molecule has 0 amide bonds. The second-order valence-electron chi connectivity index (χ2n) is 5.32. The highest BCUT2D eigenvalue weighted by molar-refractivity contribution is 9.11. The first-order chi connectivity index (χ1) is 10.3. The number of hydrogen-bond donors (Lipinski definition) is 0. The lowest BCUT2D eigenvalue weighted by molar-refractivity contribution is 0.250. The minimum Gasteiger partial charge on any atom is -0.297 e. The molecule has 0 atom stereocenters. The van der Waals surface area contributed by atoms with Gasteiger partial charge in [0.1, 0.15) is 0 Å². The van der Waals surface area contributed by atoms with Crippen LogP contribution in [0, 0.1) is 0 Å². The Morgan fingerprint density at radius 1 is 1.24 bits per heavy atom. The number of nitrogens with zero attached hydrogens (tertiary/aromatic N) is 4. The number of hydrogen-bond acceptors (Lipinski definition) is 4. The van der Waals surface area contributed by atoms with Crippen LogP contribution in [0.4, 0.5) is 0 Å². The van der Waals surface area contributed by atoms with Crippen molar-refractivity contribution >= 4 is 32.2 Å². The molecule has 0 N–H and O–H groups in total. The Labute approximate surface area is 135 Å². The summed E-state index contributed by atoms with van der Waals surface area (Å²) in [6, 6.07) is 10.7. The van der Waals surface area contributed by atoms with E-state index in [9.17, 15) is 0 Å². The molecule has 0 aliphatic carbocycles. The molecular weight excluding hydrogens is 348 g/mol. The Kier molecular flexibility index (Phi) is 3.52. The highest BCUT2D eigenvalue weighted by Crippen LogP contribution is 2.26. The zero-order chi connectivity index (χ0) is 14.2. The largest absolute Gasteiger partial charge is 0.297 e. The standard InChI is InChI=1S/C15H15BrN4S/c16-14-18-20-13-10-19(8-6-11-4-2-1-3-5-11)9-7-12(13)17-15(20)21-14/h1-5H,6-10H2. The minimum atomic E-state index is 0.897. The molecule has 3 aromatic rings. The Balaban J connectivity index is 1.50. The van der Waals surface area contributed by atoms with Gasteiger partial charge in [-0.15, -0.1) is 5.10 Å². The second-order valence-corrected chi connectivity index (χ2v) is 7.55. The maximum absolute atomic E-state index is 4.69. The van der Waals surface area contributed by atoms with Crippen LogP contribution in [0.15, 0.2) is 34.2 Å². The van der Waals surface area contributed by atoms with Crippen molar-refractivity contribution in [2.24, 2.45) is 0 Å². The molecule has 0 saturated carbocycles. The van der Waals surface area contributed by atoms with E-state index in [-0.39, 0.29) is 0 Å². The van der Waals surface area contributed by atoms with Gasteiger partial charge in [0.05, 0.1) is 11.4 Å². The average molecular weight is 363 g/mol. The van der Waals surface area contributed by atoms with Crippen LogP contribution in [-0.4, -0.2) is 32.6 Å². The smallest absolute Gasteiger partial charge is 0.213 e. The first-order valence-corrected chi connectivity index (χ1v) is 8.69. The van der Waals surface area contributed by atoms with Crippen LogP contribution in [-0.2, 0) is 19.4 Å². The normalized spacial score (nSPS) is 15.5. The van der Waals surface area contributed by atoms with E-state index in [0.29, 0.717) is 0 Å². The lowest BCUT2D eigenvalue weighted by atomic mass is 10.1. The van der Waals surface area contributed by atoms with Crippen molar-refractivity contribution in [3.63, 3.8) is 0 Å². The molecule has 3 heterocycles. The van der Waals surface area contributed by atoms with Gasteiger partial charge in [0, 0.05) is 26.1 Å². The van der Waals surface area contributed by atoms with Crippen molar-refractivity contribution < 1.29 is 0 Å². The molecule has 0 saturated heterocycles. The van der Waals surface area contributed by atoms with Crippen LogP contribution in [0.2, 0.25) is 0 Å². The molecule has 6 heteroatoms. The fraction of sp³-hybridized carbons (Fsp3) is 0.333. The molecule has 0 radical (unpaired) electrons. The minimum absolute atomic E-state index is 0.897. The zero-order valence-electron chi connectivity index (χ0n) is 11.5. The number of aromatic nitrogens is 3. The highest BCUT2D eigenvalue weighted by atomic mass is 79.9. The Morgan fingerprint density at radius 3 is 2.95 bits per heavy atom. The molecule has 21 heavy (non-hydrogen) atoms. The quantitative estimate of drug-likeness (QED) is 0.717. The van der Waals surface area contributed by atoms with Crippen molar-refractivity contribution in [1.29, 1.82) is 0 Å². The van der Waals surface area contributed by atoms with Crippen molar-refractivity contribution in [2.45, 2.75) is 19.4 Å². The fourth-order valence-corrected chi connectivity index (χ4v) is 4.10. The van der Waals surface area contributed by atoms with Gasteiger partial charge < -0.3 is 0 Å². The van der Waals surface area contributed by atoms with E-state index < -0.39 is 0 Å². The molecule has 1 aliphatic heterocycles. The van der Waals surface area contributed by atoms with Gasteiger partial charge >= 0.3 is 0 Å². The van der Waals surface area contributed by atoms with E-state index >= 15 is 0 Å². The van der Waals surface area contributed by atoms with Crippen LogP contribution in [0.3, 0.4) is 0 Å². The lowest BCUT2D eigenvalue weighted by Gasteiger charge is -2.26. The van der Waals surface area contributed by atoms with Crippen molar-refractivity contribution in [2.75, 3.05) is 13.1 Å². The van der Waals surface area contributed by atoms with Gasteiger partial charge in [0.15, 0.2) is 3.92 Å². The topological polar surface area (TPSA) is 33.4 Å². The third-order valence-corrected chi connectivity index (χ3v) is 5.29. The molecule has 2 aromatic heterocycles. The Morgan fingerprint density at radius 2 is 2.10 bits per heavy atom. The molecule has 0 spiro atoms. The summed E-state index contributed by atoms with van der Waals surface area (Å²) in [5.41, 5.74) is 3.88. The van der Waals surface area contributed by atoms with Crippen molar-refractivity contribution in [3.05, 3.63) is 51.2 Å². The SMILES string of the molecule is Brc1nn2c3c(nc2s1)CCN(CCc1ccccc1)C3. The van der Waals surface area contributed by atoms with Gasteiger partial charge in [-0.1, -0.05) is 41.7 Å². The summed E-state index contributed by atoms with van der Waals surface area (Å²) in [4.78, 5) is 8.18. The van der Waals surface area contributed by atoms with Crippen LogP contribution in [0.25, 0.3) is 4.96 Å². The number of fused-ring (bicyclic) bond motifs is 3. The van der Waals surface area contributed by atoms with E-state index in [4.69, 9.17) is 0 Å². The molecule has 0 unspecified atom stereocenters. The molecular formula is C15H15BrN4S. The van der Waals surface area contributed by atoms with Crippen LogP contribution < -0.4 is 0 Å². The van der Waals surface area contributed by atoms with Gasteiger partial charge in [-0.2, -0.15) is 0 Å². The van der Waals surface area contributed by atoms with E-state index in [2.05, 4.69) is 61.2 Å². The summed E-state index contributed by atoms with van der Waals surface area (Å²) in [6.45, 7) is 3.12. The first-order valence-electron chi connectivity index (χ1n) is 7.09. The average Bonchev–Trinajstić information content (AvgIpc) is 3.02. The highest BCUT2D eigenvalue weighted by Gasteiger charge is 2.23. The molecule has 1 aliphatic rings. The monoisotopic (exact) mass is 362 g/mol. The molecule has 1 aromatic carbocycles. The van der Waals surface area contributed by atoms with Gasteiger partial charge in [0.25, 0.3) is 0 Å². The Bertz CT molecular complexity index is 765. The third kappa shape index (κ3) is 2.63. The predicted octanol–water partition coefficient (Wildman–Crippen LogP) is 3.15. The van der Waals surface area contributed by atoms with E-state index in [1.54, 1.807) is 11.3 Å². The number of imidazole rings is 1. The molecule has 0 fully saturated rings. The van der Waals surface area contributed by atoms with E-state index in [1.807, 2.05) is 4.52 Å². The predicted molar refractivity (Wildman–Crippen MR) is 87.7 cm³/mol. The zero-order valence-corrected chi connectivity index (χ0v) is 13.9. The molecule has 4 rings (SSSR count). The van der Waals surface area contributed by atoms with Gasteiger partial charge in [-0.25, -0.2) is 9.50 Å². The van der Waals surface area contributed by atoms with Crippen LogP contribution in [0.1, 0.15) is 17.0 Å². The summed E-state index contributed by atoms with van der Waals surface area (Å²) in [6.07, 6.45) is 2.12. The van der Waals surface area contributed by atoms with Gasteiger partial charge in [0.2, 0.25) is 4.96 Å². The number of halogens is 1. The van der Waals surface area contributed by atoms with Crippen molar-refractivity contribution in [3.8, 4) is 0 Å². The molecule has 108 valence electrons. The Hall–Kier alpha value is -1.24. The van der Waals surface area contributed by atoms with Crippen molar-refractivity contribution in [1.82, 2.24) is 19.5 Å². The van der Waals surface area contributed by atoms with Crippen LogP contribution >= 0.6 is 27.3 Å². The number of benzene rings is 1. The lowest BCUT2D eigenvalue weighted by Crippen LogP contribution is -2.32. The number of rotatable bonds is 3. The maximum Gasteiger partial charge on any atom is 0.213 e. The summed E-state index contributed by atoms with van der Waals surface area (Å²) in [5.74, 6) is 0. The summed E-state index contributed by atoms with van der Waals surface area (Å²) in [7, 11) is 0. The summed E-state index contributed by atoms with van der Waals surface area (Å²) in [5, 5.41) is 4.50. The van der Waals surface area contributed by atoms with Gasteiger partial charge in [-0.3, -0.25) is 4.90 Å². The van der Waals surface area contributed by atoms with Gasteiger partial charge in [-0.05, 0) is 27.9 Å². The summed E-state index contributed by atoms with van der Waals surface area (Å²) < 4.78 is 2.90. The van der Waals surface area contributed by atoms with E-state index in [1.165, 1.54) is 17.0 Å². The second kappa shape index (κ2) is 5.51.